The van der Waals surface area contributed by atoms with Gasteiger partial charge in [-0.25, -0.2) is 0 Å². The van der Waals surface area contributed by atoms with Crippen molar-refractivity contribution >= 4 is 5.91 Å². The van der Waals surface area contributed by atoms with E-state index in [4.69, 9.17) is 10.3 Å². The van der Waals surface area contributed by atoms with Crippen LogP contribution >= 0.6 is 0 Å². The number of carbonyl (C=O) groups is 1. The van der Waals surface area contributed by atoms with Gasteiger partial charge in [-0.2, -0.15) is 4.98 Å². The van der Waals surface area contributed by atoms with Gasteiger partial charge < -0.3 is 10.3 Å². The fraction of sp³-hybridized carbons (Fsp3) is 0.471. The number of aromatic nitrogens is 2. The summed E-state index contributed by atoms with van der Waals surface area (Å²) in [6, 6.07) is 9.33. The summed E-state index contributed by atoms with van der Waals surface area (Å²) in [7, 11) is 0. The van der Waals surface area contributed by atoms with Crippen LogP contribution in [0.15, 0.2) is 34.9 Å². The molecule has 0 unspecified atom stereocenters. The Morgan fingerprint density at radius 1 is 1.46 bits per heavy atom. The van der Waals surface area contributed by atoms with Crippen molar-refractivity contribution in [1.82, 2.24) is 20.4 Å². The third-order valence-electron chi connectivity index (χ3n) is 4.26. The predicted molar refractivity (Wildman–Crippen MR) is 88.8 cm³/mol. The van der Waals surface area contributed by atoms with Crippen molar-refractivity contribution in [3.05, 3.63) is 47.6 Å². The van der Waals surface area contributed by atoms with E-state index >= 15 is 0 Å². The lowest BCUT2D eigenvalue weighted by molar-refractivity contribution is -0.120. The third-order valence-corrected chi connectivity index (χ3v) is 4.26. The molecule has 2 atom stereocenters. The van der Waals surface area contributed by atoms with Crippen LogP contribution in [0.4, 0.5) is 0 Å². The number of rotatable bonds is 6. The van der Waals surface area contributed by atoms with Gasteiger partial charge in [0.15, 0.2) is 5.82 Å². The lowest BCUT2D eigenvalue weighted by atomic mass is 10.0. The quantitative estimate of drug-likeness (QED) is 0.825. The normalized spacial score (nSPS) is 20.0. The molecule has 128 valence electrons. The maximum absolute atomic E-state index is 11.9. The highest BCUT2D eigenvalue weighted by Crippen LogP contribution is 2.18. The van der Waals surface area contributed by atoms with Crippen molar-refractivity contribution in [3.63, 3.8) is 0 Å². The molecular weight excluding hydrogens is 306 g/mol. The number of likely N-dealkylation sites (tertiary alicyclic amines) is 1. The highest BCUT2D eigenvalue weighted by molar-refractivity contribution is 5.81. The van der Waals surface area contributed by atoms with Crippen molar-refractivity contribution < 1.29 is 9.32 Å². The van der Waals surface area contributed by atoms with E-state index in [2.05, 4.69) is 20.4 Å². The van der Waals surface area contributed by atoms with Crippen LogP contribution in [0.5, 0.6) is 0 Å². The Morgan fingerprint density at radius 3 is 2.92 bits per heavy atom. The lowest BCUT2D eigenvalue weighted by Gasteiger charge is -2.34. The smallest absolute Gasteiger partial charge is 0.239 e. The van der Waals surface area contributed by atoms with Crippen LogP contribution in [0, 0.1) is 6.92 Å². The van der Waals surface area contributed by atoms with Crippen molar-refractivity contribution in [2.45, 2.75) is 38.4 Å². The third kappa shape index (κ3) is 4.18. The van der Waals surface area contributed by atoms with Gasteiger partial charge >= 0.3 is 0 Å². The van der Waals surface area contributed by atoms with E-state index in [1.165, 1.54) is 0 Å². The summed E-state index contributed by atoms with van der Waals surface area (Å²) in [5.41, 5.74) is 6.50. The highest BCUT2D eigenvalue weighted by Gasteiger charge is 2.26. The Balaban J connectivity index is 1.62. The van der Waals surface area contributed by atoms with Gasteiger partial charge in [-0.3, -0.25) is 15.0 Å². The summed E-state index contributed by atoms with van der Waals surface area (Å²) in [5.74, 6) is 0.921. The molecule has 0 radical (unpaired) electrons. The molecule has 1 aromatic carbocycles. The van der Waals surface area contributed by atoms with Gasteiger partial charge in [-0.05, 0) is 24.9 Å². The zero-order valence-electron chi connectivity index (χ0n) is 13.8. The number of hydrogen-bond donors (Lipinski definition) is 2. The van der Waals surface area contributed by atoms with Crippen LogP contribution in [0.1, 0.15) is 36.2 Å². The number of benzene rings is 1. The van der Waals surface area contributed by atoms with E-state index < -0.39 is 6.04 Å². The number of aryl methyl sites for hydroxylation is 1. The number of nitrogens with zero attached hydrogens (tertiary/aromatic N) is 3. The van der Waals surface area contributed by atoms with E-state index in [1.54, 1.807) is 6.92 Å². The summed E-state index contributed by atoms with van der Waals surface area (Å²) in [4.78, 5) is 18.4. The molecule has 1 aromatic heterocycles. The molecule has 0 aliphatic carbocycles. The molecule has 0 bridgehead atoms. The molecule has 7 heteroatoms. The zero-order valence-corrected chi connectivity index (χ0v) is 13.8. The van der Waals surface area contributed by atoms with E-state index in [0.717, 1.165) is 31.5 Å². The van der Waals surface area contributed by atoms with Crippen molar-refractivity contribution in [2.24, 2.45) is 5.73 Å². The molecule has 7 nitrogen and oxygen atoms in total. The van der Waals surface area contributed by atoms with E-state index in [1.807, 2.05) is 30.3 Å². The summed E-state index contributed by atoms with van der Waals surface area (Å²) in [5, 5.41) is 7.36. The molecule has 1 fully saturated rings. The first-order valence-electron chi connectivity index (χ1n) is 8.23. The minimum atomic E-state index is -0.469. The number of nitrogens with one attached hydrogen (secondary N) is 1. The monoisotopic (exact) mass is 329 g/mol. The zero-order chi connectivity index (χ0) is 16.9. The molecule has 0 saturated carbocycles. The van der Waals surface area contributed by atoms with Crippen LogP contribution in [-0.2, 0) is 11.3 Å². The topological polar surface area (TPSA) is 97.3 Å². The SMILES string of the molecule is Cc1nc(CN2CCC[C@H](N[C@@H](C(N)=O)c3ccccc3)C2)no1. The lowest BCUT2D eigenvalue weighted by Crippen LogP contribution is -2.49. The molecule has 2 aromatic rings. The molecule has 1 aliphatic heterocycles. The molecular formula is C17H23N5O2. The number of nitrogens with two attached hydrogens (primary N) is 1. The van der Waals surface area contributed by atoms with Crippen LogP contribution < -0.4 is 11.1 Å². The van der Waals surface area contributed by atoms with E-state index in [-0.39, 0.29) is 11.9 Å². The second-order valence-corrected chi connectivity index (χ2v) is 6.22. The molecule has 24 heavy (non-hydrogen) atoms. The van der Waals surface area contributed by atoms with Crippen LogP contribution in [0.2, 0.25) is 0 Å². The second kappa shape index (κ2) is 7.55. The molecule has 1 aliphatic rings. The second-order valence-electron chi connectivity index (χ2n) is 6.22. The number of hydrogen-bond acceptors (Lipinski definition) is 6. The van der Waals surface area contributed by atoms with E-state index in [0.29, 0.717) is 18.3 Å². The van der Waals surface area contributed by atoms with Gasteiger partial charge in [0.05, 0.1) is 6.54 Å². The molecule has 1 amide bonds. The Labute approximate surface area is 141 Å². The molecule has 0 spiro atoms. The number of amides is 1. The minimum Gasteiger partial charge on any atom is -0.368 e. The summed E-state index contributed by atoms with van der Waals surface area (Å²) in [6.07, 6.45) is 2.06. The van der Waals surface area contributed by atoms with Crippen LogP contribution in [0.3, 0.4) is 0 Å². The number of primary amides is 1. The van der Waals surface area contributed by atoms with Crippen molar-refractivity contribution in [3.8, 4) is 0 Å². The summed E-state index contributed by atoms with van der Waals surface area (Å²) >= 11 is 0. The Bertz CT molecular complexity index is 673. The summed E-state index contributed by atoms with van der Waals surface area (Å²) in [6.45, 7) is 4.25. The van der Waals surface area contributed by atoms with Gasteiger partial charge in [0, 0.05) is 19.5 Å². The van der Waals surface area contributed by atoms with Gasteiger partial charge in [0.2, 0.25) is 11.8 Å². The first-order chi connectivity index (χ1) is 11.6. The predicted octanol–water partition coefficient (Wildman–Crippen LogP) is 1.16. The van der Waals surface area contributed by atoms with Gasteiger partial charge in [-0.1, -0.05) is 35.5 Å². The average molecular weight is 329 g/mol. The first-order valence-corrected chi connectivity index (χ1v) is 8.23. The van der Waals surface area contributed by atoms with Gasteiger partial charge in [-0.15, -0.1) is 0 Å². The summed E-state index contributed by atoms with van der Waals surface area (Å²) < 4.78 is 5.02. The Morgan fingerprint density at radius 2 is 2.25 bits per heavy atom. The maximum Gasteiger partial charge on any atom is 0.239 e. The minimum absolute atomic E-state index is 0.199. The Kier molecular flexibility index (Phi) is 5.22. The van der Waals surface area contributed by atoms with Crippen LogP contribution in [-0.4, -0.2) is 40.1 Å². The molecule has 3 rings (SSSR count). The van der Waals surface area contributed by atoms with Gasteiger partial charge in [0.1, 0.15) is 6.04 Å². The number of piperidine rings is 1. The maximum atomic E-state index is 11.9. The van der Waals surface area contributed by atoms with E-state index in [9.17, 15) is 4.79 Å². The number of carbonyl (C=O) groups excluding carboxylic acids is 1. The largest absolute Gasteiger partial charge is 0.368 e. The molecule has 3 N–H and O–H groups in total. The fourth-order valence-electron chi connectivity index (χ4n) is 3.16. The standard InChI is InChI=1S/C17H23N5O2/c1-12-19-15(21-24-12)11-22-9-5-8-14(10-22)20-16(17(18)23)13-6-3-2-4-7-13/h2-4,6-7,14,16,20H,5,8-11H2,1H3,(H2,18,23)/t14-,16+/m0/s1. The first kappa shape index (κ1) is 16.6. The highest BCUT2D eigenvalue weighted by atomic mass is 16.5. The van der Waals surface area contributed by atoms with Crippen molar-refractivity contribution in [2.75, 3.05) is 13.1 Å². The molecule has 1 saturated heterocycles. The molecule has 2 heterocycles. The van der Waals surface area contributed by atoms with Crippen LogP contribution in [0.25, 0.3) is 0 Å². The Hall–Kier alpha value is -2.25. The van der Waals surface area contributed by atoms with Crippen molar-refractivity contribution in [1.29, 1.82) is 0 Å². The fourth-order valence-corrected chi connectivity index (χ4v) is 3.16. The average Bonchev–Trinajstić information content (AvgIpc) is 2.98. The van der Waals surface area contributed by atoms with Gasteiger partial charge in [0.25, 0.3) is 0 Å².